The summed E-state index contributed by atoms with van der Waals surface area (Å²) >= 11 is 0. The largest absolute Gasteiger partial charge is 0.325 e. The average molecular weight is 303 g/mol. The molecule has 1 unspecified atom stereocenters. The van der Waals surface area contributed by atoms with Crippen LogP contribution in [0.5, 0.6) is 0 Å². The molecule has 0 saturated carbocycles. The number of carbonyl (C=O) groups excluding carboxylic acids is 1. The number of nitrogens with zero attached hydrogens (tertiary/aromatic N) is 1. The van der Waals surface area contributed by atoms with Crippen molar-refractivity contribution in [3.63, 3.8) is 0 Å². The maximum atomic E-state index is 12.3. The van der Waals surface area contributed by atoms with E-state index in [0.717, 1.165) is 16.9 Å². The minimum Gasteiger partial charge on any atom is -0.325 e. The maximum absolute atomic E-state index is 12.3. The zero-order valence-corrected chi connectivity index (χ0v) is 12.5. The summed E-state index contributed by atoms with van der Waals surface area (Å²) in [5, 5.41) is 5.82. The molecule has 4 nitrogen and oxygen atoms in total. The summed E-state index contributed by atoms with van der Waals surface area (Å²) in [5.41, 5.74) is 2.52. The molecule has 3 rings (SSSR count). The second-order valence-electron chi connectivity index (χ2n) is 5.06. The molecule has 0 aliphatic heterocycles. The van der Waals surface area contributed by atoms with Gasteiger partial charge < -0.3 is 10.6 Å². The number of nitrogens with one attached hydrogen (secondary N) is 2. The SMILES string of the molecule is O=C(Nc1ccccc1)NC(c1ccccc1)c1ccccn1. The molecule has 23 heavy (non-hydrogen) atoms. The Morgan fingerprint density at radius 3 is 2.13 bits per heavy atom. The smallest absolute Gasteiger partial charge is 0.320 e. The molecule has 2 amide bonds. The van der Waals surface area contributed by atoms with Crippen molar-refractivity contribution in [2.45, 2.75) is 6.04 Å². The number of amides is 2. The van der Waals surface area contributed by atoms with Gasteiger partial charge >= 0.3 is 6.03 Å². The van der Waals surface area contributed by atoms with E-state index in [1.54, 1.807) is 6.20 Å². The summed E-state index contributed by atoms with van der Waals surface area (Å²) in [4.78, 5) is 16.7. The monoisotopic (exact) mass is 303 g/mol. The van der Waals surface area contributed by atoms with E-state index in [4.69, 9.17) is 0 Å². The Morgan fingerprint density at radius 1 is 0.826 bits per heavy atom. The third kappa shape index (κ3) is 3.95. The Morgan fingerprint density at radius 2 is 1.48 bits per heavy atom. The van der Waals surface area contributed by atoms with Crippen LogP contribution >= 0.6 is 0 Å². The first-order chi connectivity index (χ1) is 11.3. The quantitative estimate of drug-likeness (QED) is 0.765. The van der Waals surface area contributed by atoms with Crippen molar-refractivity contribution in [3.05, 3.63) is 96.3 Å². The lowest BCUT2D eigenvalue weighted by molar-refractivity contribution is 0.250. The van der Waals surface area contributed by atoms with Crippen LogP contribution in [0.25, 0.3) is 0 Å². The maximum Gasteiger partial charge on any atom is 0.320 e. The predicted molar refractivity (Wildman–Crippen MR) is 91.1 cm³/mol. The van der Waals surface area contributed by atoms with E-state index >= 15 is 0 Å². The normalized spacial score (nSPS) is 11.5. The van der Waals surface area contributed by atoms with Crippen LogP contribution in [0.4, 0.5) is 10.5 Å². The second-order valence-corrected chi connectivity index (χ2v) is 5.06. The number of pyridine rings is 1. The highest BCUT2D eigenvalue weighted by Crippen LogP contribution is 2.20. The van der Waals surface area contributed by atoms with Crippen LogP contribution in [0, 0.1) is 0 Å². The zero-order valence-electron chi connectivity index (χ0n) is 12.5. The molecule has 0 saturated heterocycles. The van der Waals surface area contributed by atoms with E-state index in [2.05, 4.69) is 15.6 Å². The van der Waals surface area contributed by atoms with Gasteiger partial charge in [-0.15, -0.1) is 0 Å². The number of para-hydroxylation sites is 1. The van der Waals surface area contributed by atoms with Gasteiger partial charge in [0.2, 0.25) is 0 Å². The van der Waals surface area contributed by atoms with Gasteiger partial charge in [0, 0.05) is 11.9 Å². The Bertz CT molecular complexity index is 706. The molecule has 2 aromatic carbocycles. The van der Waals surface area contributed by atoms with E-state index in [0.29, 0.717) is 0 Å². The Kier molecular flexibility index (Phi) is 4.64. The molecule has 0 fully saturated rings. The van der Waals surface area contributed by atoms with Crippen molar-refractivity contribution >= 4 is 11.7 Å². The average Bonchev–Trinajstić information content (AvgIpc) is 2.62. The molecule has 1 aromatic heterocycles. The summed E-state index contributed by atoms with van der Waals surface area (Å²) in [6.07, 6.45) is 1.72. The summed E-state index contributed by atoms with van der Waals surface area (Å²) in [6, 6.07) is 24.2. The molecule has 0 bridgehead atoms. The first kappa shape index (κ1) is 14.8. The number of benzene rings is 2. The van der Waals surface area contributed by atoms with Crippen molar-refractivity contribution in [1.29, 1.82) is 0 Å². The number of hydrogen-bond donors (Lipinski definition) is 2. The van der Waals surface area contributed by atoms with Gasteiger partial charge in [-0.2, -0.15) is 0 Å². The molecule has 4 heteroatoms. The molecular formula is C19H17N3O. The highest BCUT2D eigenvalue weighted by molar-refractivity contribution is 5.89. The summed E-state index contributed by atoms with van der Waals surface area (Å²) in [6.45, 7) is 0. The van der Waals surface area contributed by atoms with Crippen LogP contribution in [0.2, 0.25) is 0 Å². The number of urea groups is 1. The second kappa shape index (κ2) is 7.22. The minimum atomic E-state index is -0.305. The number of aromatic nitrogens is 1. The van der Waals surface area contributed by atoms with E-state index in [1.807, 2.05) is 78.9 Å². The third-order valence-electron chi connectivity index (χ3n) is 3.42. The van der Waals surface area contributed by atoms with Crippen LogP contribution in [0.1, 0.15) is 17.3 Å². The molecule has 0 aliphatic rings. The number of carbonyl (C=O) groups is 1. The highest BCUT2D eigenvalue weighted by atomic mass is 16.2. The third-order valence-corrected chi connectivity index (χ3v) is 3.42. The van der Waals surface area contributed by atoms with Crippen molar-refractivity contribution in [1.82, 2.24) is 10.3 Å². The lowest BCUT2D eigenvalue weighted by Crippen LogP contribution is -2.33. The molecule has 114 valence electrons. The molecule has 1 heterocycles. The van der Waals surface area contributed by atoms with Gasteiger partial charge in [0.25, 0.3) is 0 Å². The van der Waals surface area contributed by atoms with Crippen LogP contribution < -0.4 is 10.6 Å². The van der Waals surface area contributed by atoms with Crippen molar-refractivity contribution in [2.24, 2.45) is 0 Å². The fraction of sp³-hybridized carbons (Fsp3) is 0.0526. The van der Waals surface area contributed by atoms with Gasteiger partial charge in [0.05, 0.1) is 11.7 Å². The standard InChI is InChI=1S/C19H17N3O/c23-19(21-16-11-5-2-6-12-16)22-18(15-9-3-1-4-10-15)17-13-7-8-14-20-17/h1-14,18H,(H2,21,22,23). The summed E-state index contributed by atoms with van der Waals surface area (Å²) in [5.74, 6) is 0. The van der Waals surface area contributed by atoms with Gasteiger partial charge in [-0.25, -0.2) is 4.79 Å². The summed E-state index contributed by atoms with van der Waals surface area (Å²) in [7, 11) is 0. The number of anilines is 1. The predicted octanol–water partition coefficient (Wildman–Crippen LogP) is 3.99. The number of hydrogen-bond acceptors (Lipinski definition) is 2. The molecule has 0 radical (unpaired) electrons. The lowest BCUT2D eigenvalue weighted by atomic mass is 10.0. The summed E-state index contributed by atoms with van der Waals surface area (Å²) < 4.78 is 0. The molecule has 3 aromatic rings. The Balaban J connectivity index is 1.81. The number of rotatable bonds is 4. The van der Waals surface area contributed by atoms with Gasteiger partial charge in [-0.3, -0.25) is 4.98 Å². The van der Waals surface area contributed by atoms with Crippen LogP contribution in [-0.2, 0) is 0 Å². The van der Waals surface area contributed by atoms with E-state index < -0.39 is 0 Å². The van der Waals surface area contributed by atoms with Gasteiger partial charge in [-0.1, -0.05) is 54.6 Å². The first-order valence-electron chi connectivity index (χ1n) is 7.41. The Hall–Kier alpha value is -3.14. The lowest BCUT2D eigenvalue weighted by Gasteiger charge is -2.19. The fourth-order valence-corrected chi connectivity index (χ4v) is 2.34. The minimum absolute atomic E-state index is 0.268. The van der Waals surface area contributed by atoms with Crippen LogP contribution in [0.15, 0.2) is 85.1 Å². The molecule has 1 atom stereocenters. The van der Waals surface area contributed by atoms with Crippen molar-refractivity contribution in [2.75, 3.05) is 5.32 Å². The first-order valence-corrected chi connectivity index (χ1v) is 7.41. The topological polar surface area (TPSA) is 54.0 Å². The van der Waals surface area contributed by atoms with Crippen molar-refractivity contribution < 1.29 is 4.79 Å². The van der Waals surface area contributed by atoms with E-state index in [9.17, 15) is 4.79 Å². The van der Waals surface area contributed by atoms with E-state index in [-0.39, 0.29) is 12.1 Å². The molecular weight excluding hydrogens is 286 g/mol. The van der Waals surface area contributed by atoms with Crippen LogP contribution in [-0.4, -0.2) is 11.0 Å². The van der Waals surface area contributed by atoms with Crippen LogP contribution in [0.3, 0.4) is 0 Å². The van der Waals surface area contributed by atoms with Gasteiger partial charge in [-0.05, 0) is 29.8 Å². The van der Waals surface area contributed by atoms with Crippen molar-refractivity contribution in [3.8, 4) is 0 Å². The molecule has 0 aliphatic carbocycles. The zero-order chi connectivity index (χ0) is 15.9. The van der Waals surface area contributed by atoms with Gasteiger partial charge in [0.1, 0.15) is 0 Å². The Labute approximate surface area is 135 Å². The van der Waals surface area contributed by atoms with Gasteiger partial charge in [0.15, 0.2) is 0 Å². The molecule has 2 N–H and O–H groups in total. The fourth-order valence-electron chi connectivity index (χ4n) is 2.34. The van der Waals surface area contributed by atoms with E-state index in [1.165, 1.54) is 0 Å². The molecule has 0 spiro atoms. The highest BCUT2D eigenvalue weighted by Gasteiger charge is 2.17.